The van der Waals surface area contributed by atoms with Gasteiger partial charge in [0.2, 0.25) is 0 Å². The van der Waals surface area contributed by atoms with E-state index >= 15 is 0 Å². The van der Waals surface area contributed by atoms with Gasteiger partial charge in [0.1, 0.15) is 5.78 Å². The molecule has 1 aliphatic carbocycles. The average molecular weight is 287 g/mol. The lowest BCUT2D eigenvalue weighted by Crippen LogP contribution is -2.25. The van der Waals surface area contributed by atoms with Crippen LogP contribution in [0.3, 0.4) is 0 Å². The van der Waals surface area contributed by atoms with Crippen LogP contribution in [0.15, 0.2) is 15.9 Å². The molecule has 3 heteroatoms. The Morgan fingerprint density at radius 2 is 2.20 bits per heavy atom. The Labute approximate surface area is 103 Å². The third-order valence-corrected chi connectivity index (χ3v) is 5.32. The quantitative estimate of drug-likeness (QED) is 0.814. The van der Waals surface area contributed by atoms with Crippen LogP contribution in [0.25, 0.3) is 0 Å². The van der Waals surface area contributed by atoms with Crippen molar-refractivity contribution in [2.24, 2.45) is 5.41 Å². The van der Waals surface area contributed by atoms with Gasteiger partial charge in [0.05, 0.1) is 0 Å². The fourth-order valence-corrected chi connectivity index (χ4v) is 3.74. The molecular weight excluding hydrogens is 272 g/mol. The minimum Gasteiger partial charge on any atom is -0.299 e. The number of carbonyl (C=O) groups is 1. The van der Waals surface area contributed by atoms with E-state index in [9.17, 15) is 4.79 Å². The number of halogens is 1. The number of ketones is 1. The summed E-state index contributed by atoms with van der Waals surface area (Å²) in [7, 11) is 0. The van der Waals surface area contributed by atoms with Gasteiger partial charge in [-0.1, -0.05) is 19.8 Å². The first-order valence-electron chi connectivity index (χ1n) is 5.37. The highest BCUT2D eigenvalue weighted by atomic mass is 79.9. The lowest BCUT2D eigenvalue weighted by atomic mass is 9.82. The Morgan fingerprint density at radius 1 is 1.53 bits per heavy atom. The van der Waals surface area contributed by atoms with Crippen LogP contribution < -0.4 is 0 Å². The zero-order chi connectivity index (χ0) is 10.9. The topological polar surface area (TPSA) is 17.1 Å². The van der Waals surface area contributed by atoms with Gasteiger partial charge in [0, 0.05) is 21.2 Å². The number of hydrogen-bond acceptors (Lipinski definition) is 2. The molecule has 15 heavy (non-hydrogen) atoms. The predicted octanol–water partition coefficient (Wildman–Crippen LogP) is 4.20. The maximum atomic E-state index is 12.2. The second kappa shape index (κ2) is 4.38. The monoisotopic (exact) mass is 286 g/mol. The lowest BCUT2D eigenvalue weighted by Gasteiger charge is -2.21. The first-order valence-corrected chi connectivity index (χ1v) is 7.04. The Hall–Kier alpha value is -0.150. The molecule has 1 aromatic rings. The van der Waals surface area contributed by atoms with E-state index in [1.807, 2.05) is 11.4 Å². The molecule has 0 aromatic carbocycles. The van der Waals surface area contributed by atoms with Gasteiger partial charge < -0.3 is 0 Å². The molecule has 1 aromatic heterocycles. The van der Waals surface area contributed by atoms with Gasteiger partial charge in [-0.3, -0.25) is 4.79 Å². The van der Waals surface area contributed by atoms with Crippen LogP contribution in [0.4, 0.5) is 0 Å². The van der Waals surface area contributed by atoms with Crippen molar-refractivity contribution in [2.45, 2.75) is 39.0 Å². The van der Waals surface area contributed by atoms with E-state index in [0.717, 1.165) is 17.3 Å². The molecule has 0 spiro atoms. The van der Waals surface area contributed by atoms with E-state index in [1.54, 1.807) is 11.3 Å². The van der Waals surface area contributed by atoms with Gasteiger partial charge >= 0.3 is 0 Å². The number of rotatable bonds is 3. The summed E-state index contributed by atoms with van der Waals surface area (Å²) in [6.07, 6.45) is 5.19. The third-order valence-electron chi connectivity index (χ3n) is 3.39. The Bertz CT molecular complexity index is 363. The summed E-state index contributed by atoms with van der Waals surface area (Å²) < 4.78 is 1.09. The SMILES string of the molecule is CC1(C(=O)Cc2sccc2Br)CCCC1. The van der Waals surface area contributed by atoms with E-state index in [0.29, 0.717) is 12.2 Å². The van der Waals surface area contributed by atoms with Crippen molar-refractivity contribution in [3.8, 4) is 0 Å². The molecule has 1 nitrogen and oxygen atoms in total. The highest BCUT2D eigenvalue weighted by molar-refractivity contribution is 9.10. The summed E-state index contributed by atoms with van der Waals surface area (Å²) in [6.45, 7) is 2.13. The van der Waals surface area contributed by atoms with Gasteiger partial charge in [0.15, 0.2) is 0 Å². The van der Waals surface area contributed by atoms with Crippen molar-refractivity contribution in [2.75, 3.05) is 0 Å². The second-order valence-electron chi connectivity index (χ2n) is 4.56. The number of thiophene rings is 1. The lowest BCUT2D eigenvalue weighted by molar-refractivity contribution is -0.126. The van der Waals surface area contributed by atoms with Gasteiger partial charge in [-0.15, -0.1) is 11.3 Å². The van der Waals surface area contributed by atoms with Crippen molar-refractivity contribution in [3.63, 3.8) is 0 Å². The van der Waals surface area contributed by atoms with Crippen LogP contribution in [0, 0.1) is 5.41 Å². The zero-order valence-electron chi connectivity index (χ0n) is 8.88. The fraction of sp³-hybridized carbons (Fsp3) is 0.583. The van der Waals surface area contributed by atoms with Gasteiger partial charge in [-0.2, -0.15) is 0 Å². The van der Waals surface area contributed by atoms with Gasteiger partial charge in [-0.25, -0.2) is 0 Å². The molecule has 0 amide bonds. The van der Waals surface area contributed by atoms with E-state index in [4.69, 9.17) is 0 Å². The zero-order valence-corrected chi connectivity index (χ0v) is 11.3. The maximum Gasteiger partial charge on any atom is 0.143 e. The Kier molecular flexibility index (Phi) is 3.31. The maximum absolute atomic E-state index is 12.2. The average Bonchev–Trinajstić information content (AvgIpc) is 2.78. The summed E-state index contributed by atoms with van der Waals surface area (Å²) in [5.74, 6) is 0.420. The molecule has 1 heterocycles. The minimum atomic E-state index is -0.0383. The molecule has 0 N–H and O–H groups in total. The summed E-state index contributed by atoms with van der Waals surface area (Å²) in [6, 6.07) is 2.02. The summed E-state index contributed by atoms with van der Waals surface area (Å²) in [5, 5.41) is 2.03. The molecule has 0 bridgehead atoms. The summed E-state index contributed by atoms with van der Waals surface area (Å²) >= 11 is 5.15. The second-order valence-corrected chi connectivity index (χ2v) is 6.41. The molecule has 0 saturated heterocycles. The summed E-state index contributed by atoms with van der Waals surface area (Å²) in [4.78, 5) is 13.3. The molecule has 1 aliphatic rings. The number of hydrogen-bond donors (Lipinski definition) is 0. The molecular formula is C12H15BrOS. The summed E-state index contributed by atoms with van der Waals surface area (Å²) in [5.41, 5.74) is -0.0383. The molecule has 1 fully saturated rings. The number of carbonyl (C=O) groups excluding carboxylic acids is 1. The third kappa shape index (κ3) is 2.34. The molecule has 0 aliphatic heterocycles. The van der Waals surface area contributed by atoms with Crippen molar-refractivity contribution in [1.82, 2.24) is 0 Å². The van der Waals surface area contributed by atoms with Crippen LogP contribution in [0.2, 0.25) is 0 Å². The smallest absolute Gasteiger partial charge is 0.143 e. The van der Waals surface area contributed by atoms with Gasteiger partial charge in [-0.05, 0) is 40.2 Å². The van der Waals surface area contributed by atoms with Crippen LogP contribution in [-0.2, 0) is 11.2 Å². The normalized spacial score (nSPS) is 19.3. The van der Waals surface area contributed by atoms with Gasteiger partial charge in [0.25, 0.3) is 0 Å². The highest BCUT2D eigenvalue weighted by Gasteiger charge is 2.35. The predicted molar refractivity (Wildman–Crippen MR) is 67.3 cm³/mol. The fourth-order valence-electron chi connectivity index (χ4n) is 2.24. The number of Topliss-reactive ketones (excluding diaryl/α,β-unsaturated/α-hetero) is 1. The molecule has 0 radical (unpaired) electrons. The molecule has 0 unspecified atom stereocenters. The van der Waals surface area contributed by atoms with Crippen LogP contribution in [0.1, 0.15) is 37.5 Å². The Balaban J connectivity index is 2.07. The van der Waals surface area contributed by atoms with Crippen LogP contribution >= 0.6 is 27.3 Å². The Morgan fingerprint density at radius 3 is 2.73 bits per heavy atom. The van der Waals surface area contributed by atoms with Crippen LogP contribution in [-0.4, -0.2) is 5.78 Å². The standard InChI is InChI=1S/C12H15BrOS/c1-12(5-2-3-6-12)11(14)8-10-9(13)4-7-15-10/h4,7H,2-3,5-6,8H2,1H3. The van der Waals surface area contributed by atoms with Crippen molar-refractivity contribution in [3.05, 3.63) is 20.8 Å². The van der Waals surface area contributed by atoms with E-state index in [2.05, 4.69) is 22.9 Å². The first-order chi connectivity index (χ1) is 7.12. The molecule has 0 atom stereocenters. The van der Waals surface area contributed by atoms with Crippen LogP contribution in [0.5, 0.6) is 0 Å². The van der Waals surface area contributed by atoms with Crippen molar-refractivity contribution >= 4 is 33.0 Å². The molecule has 2 rings (SSSR count). The first kappa shape index (κ1) is 11.3. The van der Waals surface area contributed by atoms with E-state index < -0.39 is 0 Å². The van der Waals surface area contributed by atoms with Crippen molar-refractivity contribution < 1.29 is 4.79 Å². The van der Waals surface area contributed by atoms with E-state index in [1.165, 1.54) is 17.7 Å². The molecule has 82 valence electrons. The van der Waals surface area contributed by atoms with E-state index in [-0.39, 0.29) is 5.41 Å². The minimum absolute atomic E-state index is 0.0383. The largest absolute Gasteiger partial charge is 0.299 e. The highest BCUT2D eigenvalue weighted by Crippen LogP contribution is 2.39. The molecule has 1 saturated carbocycles. The van der Waals surface area contributed by atoms with Crippen molar-refractivity contribution in [1.29, 1.82) is 0 Å².